The normalized spacial score (nSPS) is 12.3. The first kappa shape index (κ1) is 26.2. The molecule has 0 N–H and O–H groups in total. The first-order valence-electron chi connectivity index (χ1n) is 9.19. The number of rotatable bonds is 3. The van der Waals surface area contributed by atoms with Crippen molar-refractivity contribution in [1.29, 1.82) is 0 Å². The molecule has 4 aromatic rings. The van der Waals surface area contributed by atoms with Crippen LogP contribution in [0.5, 0.6) is 0 Å². The van der Waals surface area contributed by atoms with Crippen LogP contribution in [0, 0.1) is 0 Å². The van der Waals surface area contributed by atoms with E-state index < -0.39 is 11.4 Å². The molecule has 1 heterocycles. The van der Waals surface area contributed by atoms with Gasteiger partial charge in [0.05, 0.1) is 23.3 Å². The van der Waals surface area contributed by atoms with Gasteiger partial charge in [-0.05, 0) is 54.1 Å². The topological polar surface area (TPSA) is 11.3 Å². The Kier molecular flexibility index (Phi) is 8.96. The van der Waals surface area contributed by atoms with Crippen LogP contribution in [0.1, 0.15) is 0 Å². The predicted octanol–water partition coefficient (Wildman–Crippen LogP) is 10.9. The number of benzene rings is 3. The summed E-state index contributed by atoms with van der Waals surface area (Å²) in [5.41, 5.74) is 4.15. The Balaban J connectivity index is 0.000000427. The molecule has 0 spiro atoms. The SMILES string of the molecule is Clc1ccc(-c2cc(-c3ccccc3)[o+]c(-c3ccc(Cl)cc3)c2)cc1.[Cl][Sn-]([Cl])([Cl])([Cl])[Cl]. The molecule has 0 bridgehead atoms. The van der Waals surface area contributed by atoms with E-state index in [1.165, 1.54) is 0 Å². The zero-order valence-corrected chi connectivity index (χ0v) is 24.4. The molecule has 1 nitrogen and oxygen atoms in total. The van der Waals surface area contributed by atoms with Crippen molar-refractivity contribution in [3.63, 3.8) is 0 Å². The van der Waals surface area contributed by atoms with Crippen LogP contribution in [0.2, 0.25) is 10.0 Å². The van der Waals surface area contributed by atoms with E-state index in [4.69, 9.17) is 72.2 Å². The monoisotopic (exact) mass is 672 g/mol. The van der Waals surface area contributed by atoms with Crippen LogP contribution in [0.15, 0.2) is 95.4 Å². The van der Waals surface area contributed by atoms with E-state index in [1.54, 1.807) is 0 Å². The molecule has 0 radical (unpaired) electrons. The van der Waals surface area contributed by atoms with Gasteiger partial charge >= 0.3 is 67.5 Å². The third kappa shape index (κ3) is 9.12. The van der Waals surface area contributed by atoms with E-state index in [9.17, 15) is 0 Å². The van der Waals surface area contributed by atoms with E-state index in [0.29, 0.717) is 5.02 Å². The molecule has 3 aromatic carbocycles. The molecule has 166 valence electrons. The standard InChI is InChI=1S/C23H15Cl2O.5ClH.Sn/c24-20-10-6-16(7-11-20)19-14-22(17-4-2-1-3-5-17)26-23(15-19)18-8-12-21(25)13-9-18;;;;;;/h1-15H;5*1H;/q+1;;;;;;+4/p-5. The second-order valence-electron chi connectivity index (χ2n) is 6.67. The fourth-order valence-corrected chi connectivity index (χ4v) is 3.06. The molecular weight excluding hydrogens is 659 g/mol. The van der Waals surface area contributed by atoms with Gasteiger partial charge in [0.15, 0.2) is 0 Å². The maximum absolute atomic E-state index is 6.21. The van der Waals surface area contributed by atoms with Gasteiger partial charge in [-0.3, -0.25) is 0 Å². The fourth-order valence-electron chi connectivity index (χ4n) is 2.81. The number of hydrogen-bond donors (Lipinski definition) is 0. The number of halogens is 7. The van der Waals surface area contributed by atoms with Gasteiger partial charge in [-0.1, -0.05) is 53.5 Å². The Hall–Kier alpha value is -0.361. The molecule has 0 unspecified atom stereocenters. The average Bonchev–Trinajstić information content (AvgIpc) is 2.73. The second-order valence-corrected chi connectivity index (χ2v) is 50.0. The Morgan fingerprint density at radius 3 is 1.28 bits per heavy atom. The second kappa shape index (κ2) is 10.9. The quantitative estimate of drug-likeness (QED) is 0.156. The first-order valence-corrected chi connectivity index (χ1v) is 28.0. The average molecular weight is 674 g/mol. The van der Waals surface area contributed by atoms with E-state index >= 15 is 0 Å². The summed E-state index contributed by atoms with van der Waals surface area (Å²) in [5, 5.41) is 1.42. The molecule has 0 aliphatic carbocycles. The van der Waals surface area contributed by atoms with Crippen LogP contribution in [-0.2, 0) is 0 Å². The molecule has 0 saturated carbocycles. The predicted molar refractivity (Wildman–Crippen MR) is 144 cm³/mol. The van der Waals surface area contributed by atoms with E-state index in [-0.39, 0.29) is 0 Å². The van der Waals surface area contributed by atoms with E-state index in [0.717, 1.165) is 38.8 Å². The summed E-state index contributed by atoms with van der Waals surface area (Å²) in [7, 11) is 25.3. The molecule has 0 fully saturated rings. The summed E-state index contributed by atoms with van der Waals surface area (Å²) in [6.07, 6.45) is 0. The Labute approximate surface area is 216 Å². The Morgan fingerprint density at radius 2 is 0.844 bits per heavy atom. The summed E-state index contributed by atoms with van der Waals surface area (Å²) in [4.78, 5) is 0. The van der Waals surface area contributed by atoms with Gasteiger partial charge in [0.25, 0.3) is 0 Å². The van der Waals surface area contributed by atoms with Crippen LogP contribution < -0.4 is 0 Å². The van der Waals surface area contributed by atoms with Crippen LogP contribution in [0.3, 0.4) is 0 Å². The minimum atomic E-state index is -4.40. The fraction of sp³-hybridized carbons (Fsp3) is 0. The molecular formula is C23H15Cl7OSn. The van der Waals surface area contributed by atoms with Crippen molar-refractivity contribution in [2.24, 2.45) is 0 Å². The van der Waals surface area contributed by atoms with Crippen molar-refractivity contribution in [1.82, 2.24) is 0 Å². The molecule has 1 aromatic heterocycles. The zero-order chi connectivity index (χ0) is 23.4. The maximum atomic E-state index is 6.21. The van der Waals surface area contributed by atoms with E-state index in [1.807, 2.05) is 84.9 Å². The van der Waals surface area contributed by atoms with Crippen molar-refractivity contribution >= 4 is 79.2 Å². The van der Waals surface area contributed by atoms with Gasteiger partial charge in [-0.15, -0.1) is 0 Å². The van der Waals surface area contributed by atoms with Gasteiger partial charge in [-0.2, -0.15) is 0 Å². The van der Waals surface area contributed by atoms with Crippen LogP contribution in [0.4, 0.5) is 0 Å². The van der Waals surface area contributed by atoms with Gasteiger partial charge in [0, 0.05) is 15.6 Å². The zero-order valence-electron chi connectivity index (χ0n) is 16.2. The Bertz CT molecular complexity index is 1110. The van der Waals surface area contributed by atoms with E-state index in [2.05, 4.69) is 6.07 Å². The summed E-state index contributed by atoms with van der Waals surface area (Å²) >= 11 is 7.66. The van der Waals surface area contributed by atoms with Gasteiger partial charge < -0.3 is 0 Å². The van der Waals surface area contributed by atoms with Gasteiger partial charge in [0.2, 0.25) is 0 Å². The van der Waals surface area contributed by atoms with Crippen molar-refractivity contribution in [2.45, 2.75) is 0 Å². The molecule has 0 aliphatic rings. The first-order chi connectivity index (χ1) is 14.9. The molecule has 4 rings (SSSR count). The molecule has 0 amide bonds. The summed E-state index contributed by atoms with van der Waals surface area (Å²) in [6, 6.07) is 29.6. The van der Waals surface area contributed by atoms with Crippen molar-refractivity contribution in [3.8, 4) is 33.8 Å². The molecule has 0 atom stereocenters. The van der Waals surface area contributed by atoms with Gasteiger partial charge in [0.1, 0.15) is 0 Å². The van der Waals surface area contributed by atoms with Crippen molar-refractivity contribution < 1.29 is 4.42 Å². The summed E-state index contributed by atoms with van der Waals surface area (Å²) < 4.78 is 6.21. The van der Waals surface area contributed by atoms with Crippen LogP contribution in [0.25, 0.3) is 33.8 Å². The minimum absolute atomic E-state index is 0.700. The van der Waals surface area contributed by atoms with Crippen molar-refractivity contribution in [3.05, 3.63) is 101 Å². The molecule has 9 heteroatoms. The van der Waals surface area contributed by atoms with Crippen LogP contribution >= 0.6 is 67.8 Å². The molecule has 0 aliphatic heterocycles. The third-order valence-electron chi connectivity index (χ3n) is 4.16. The molecule has 0 saturated heterocycles. The number of hydrogen-bond acceptors (Lipinski definition) is 0. The Morgan fingerprint density at radius 1 is 0.469 bits per heavy atom. The van der Waals surface area contributed by atoms with Gasteiger partial charge in [-0.25, -0.2) is 4.42 Å². The van der Waals surface area contributed by atoms with Crippen molar-refractivity contribution in [2.75, 3.05) is 0 Å². The third-order valence-corrected chi connectivity index (χ3v) is 4.66. The summed E-state index contributed by atoms with van der Waals surface area (Å²) in [6.45, 7) is 0. The molecule has 32 heavy (non-hydrogen) atoms. The summed E-state index contributed by atoms with van der Waals surface area (Å²) in [5.74, 6) is 1.59. The van der Waals surface area contributed by atoms with Crippen LogP contribution in [-0.4, -0.2) is 11.4 Å².